The van der Waals surface area contributed by atoms with Crippen LogP contribution < -0.4 is 0 Å². The van der Waals surface area contributed by atoms with E-state index >= 15 is 0 Å². The topological polar surface area (TPSA) is 99.4 Å². The maximum atomic E-state index is 12.1. The Morgan fingerprint density at radius 2 is 1.69 bits per heavy atom. The van der Waals surface area contributed by atoms with E-state index in [1.54, 1.807) is 5.57 Å². The summed E-state index contributed by atoms with van der Waals surface area (Å²) in [6.45, 7) is 14.1. The number of fused-ring (bicyclic) bond motifs is 5. The van der Waals surface area contributed by atoms with Gasteiger partial charge in [-0.3, -0.25) is 0 Å². The van der Waals surface area contributed by atoms with Gasteiger partial charge in [0.2, 0.25) is 0 Å². The third kappa shape index (κ3) is 4.99. The third-order valence-corrected chi connectivity index (χ3v) is 12.4. The Labute approximate surface area is 235 Å². The van der Waals surface area contributed by atoms with Gasteiger partial charge in [-0.15, -0.1) is 0 Å². The SMILES string of the molecule is CC(C)[C@H](C)/C=C/[C@@H](C)[C@H]1CCC2C3=CC[C@@]4(O)C[C@@H](O[C@H]5OC[C@@H](O)[C@H](O)[C@H]5O)CC[C@]4(C)C3CC[C@@]21C. The lowest BCUT2D eigenvalue weighted by atomic mass is 9.46. The largest absolute Gasteiger partial charge is 0.389 e. The normalized spacial score (nSPS) is 49.8. The molecule has 1 saturated heterocycles. The Morgan fingerprint density at radius 1 is 0.949 bits per heavy atom. The molecular weight excluding hydrogens is 492 g/mol. The molecule has 13 atom stereocenters. The Hall–Kier alpha value is -0.760. The molecule has 1 heterocycles. The van der Waals surface area contributed by atoms with Crippen LogP contribution in [0.5, 0.6) is 0 Å². The Morgan fingerprint density at radius 3 is 2.41 bits per heavy atom. The van der Waals surface area contributed by atoms with Gasteiger partial charge in [0.05, 0.1) is 18.3 Å². The number of ether oxygens (including phenoxy) is 2. The zero-order valence-electron chi connectivity index (χ0n) is 25.1. The molecule has 0 amide bonds. The fraction of sp³-hybridized carbons (Fsp3) is 0.879. The summed E-state index contributed by atoms with van der Waals surface area (Å²) in [5, 5.41) is 42.3. The second kappa shape index (κ2) is 10.8. The molecule has 4 N–H and O–H groups in total. The first-order chi connectivity index (χ1) is 18.3. The molecule has 0 radical (unpaired) electrons. The molecule has 39 heavy (non-hydrogen) atoms. The van der Waals surface area contributed by atoms with Crippen LogP contribution in [-0.4, -0.2) is 63.3 Å². The molecular formula is C33H54O6. The van der Waals surface area contributed by atoms with Crippen molar-refractivity contribution in [1.82, 2.24) is 0 Å². The van der Waals surface area contributed by atoms with Crippen molar-refractivity contribution in [2.75, 3.05) is 6.61 Å². The lowest BCUT2D eigenvalue weighted by Crippen LogP contribution is -2.61. The fourth-order valence-electron chi connectivity index (χ4n) is 9.29. The van der Waals surface area contributed by atoms with E-state index in [1.807, 2.05) is 0 Å². The van der Waals surface area contributed by atoms with Crippen LogP contribution in [0.4, 0.5) is 0 Å². The van der Waals surface area contributed by atoms with Crippen LogP contribution >= 0.6 is 0 Å². The van der Waals surface area contributed by atoms with Gasteiger partial charge in [-0.25, -0.2) is 0 Å². The Balaban J connectivity index is 1.30. The van der Waals surface area contributed by atoms with E-state index in [2.05, 4.69) is 59.8 Å². The van der Waals surface area contributed by atoms with Gasteiger partial charge in [-0.2, -0.15) is 0 Å². The molecule has 222 valence electrons. The van der Waals surface area contributed by atoms with E-state index in [1.165, 1.54) is 19.3 Å². The second-order valence-electron chi connectivity index (χ2n) is 14.8. The number of aliphatic hydroxyl groups excluding tert-OH is 3. The van der Waals surface area contributed by atoms with Gasteiger partial charge in [0.25, 0.3) is 0 Å². The van der Waals surface area contributed by atoms with Crippen LogP contribution in [0.1, 0.15) is 92.9 Å². The molecule has 4 aliphatic carbocycles. The Kier molecular flexibility index (Phi) is 8.24. The zero-order chi connectivity index (χ0) is 28.3. The molecule has 3 saturated carbocycles. The molecule has 5 aliphatic rings. The highest BCUT2D eigenvalue weighted by atomic mass is 16.7. The average Bonchev–Trinajstić information content (AvgIpc) is 3.25. The van der Waals surface area contributed by atoms with Crippen LogP contribution in [0.15, 0.2) is 23.8 Å². The standard InChI is InChI=1S/C33H54O6/c1-19(2)20(3)7-8-21(4)24-9-10-25-23-12-16-33(37)17-22(39-30-29(36)28(35)27(34)18-38-30)11-15-32(33,6)26(23)13-14-31(24,25)5/h7-8,12,19-22,24-30,34-37H,9-11,13-18H2,1-6H3/b8-7+/t20-,21-,22+,24-,25?,26?,27-,28+,29-,30-,31-,32-,33-/m1/s1. The van der Waals surface area contributed by atoms with E-state index < -0.39 is 30.2 Å². The molecule has 0 aromatic carbocycles. The zero-order valence-corrected chi connectivity index (χ0v) is 25.1. The smallest absolute Gasteiger partial charge is 0.186 e. The summed E-state index contributed by atoms with van der Waals surface area (Å²) >= 11 is 0. The first-order valence-electron chi connectivity index (χ1n) is 15.7. The van der Waals surface area contributed by atoms with Gasteiger partial charge in [0.15, 0.2) is 6.29 Å². The fourth-order valence-corrected chi connectivity index (χ4v) is 9.29. The van der Waals surface area contributed by atoms with E-state index in [-0.39, 0.29) is 18.1 Å². The van der Waals surface area contributed by atoms with Crippen molar-refractivity contribution in [2.24, 2.45) is 46.3 Å². The van der Waals surface area contributed by atoms with Crippen LogP contribution in [0.3, 0.4) is 0 Å². The predicted octanol–water partition coefficient (Wildman–Crippen LogP) is 4.99. The Bertz CT molecular complexity index is 946. The molecule has 4 fully saturated rings. The first kappa shape index (κ1) is 29.7. The molecule has 0 spiro atoms. The molecule has 0 aromatic heterocycles. The maximum absolute atomic E-state index is 12.1. The van der Waals surface area contributed by atoms with Crippen molar-refractivity contribution in [3.05, 3.63) is 23.8 Å². The number of rotatable bonds is 6. The van der Waals surface area contributed by atoms with Crippen molar-refractivity contribution >= 4 is 0 Å². The second-order valence-corrected chi connectivity index (χ2v) is 14.8. The van der Waals surface area contributed by atoms with E-state index in [9.17, 15) is 20.4 Å². The maximum Gasteiger partial charge on any atom is 0.186 e. The summed E-state index contributed by atoms with van der Waals surface area (Å²) in [4.78, 5) is 0. The van der Waals surface area contributed by atoms with Crippen molar-refractivity contribution in [3.63, 3.8) is 0 Å². The summed E-state index contributed by atoms with van der Waals surface area (Å²) in [7, 11) is 0. The van der Waals surface area contributed by atoms with Crippen molar-refractivity contribution in [1.29, 1.82) is 0 Å². The number of hydrogen-bond acceptors (Lipinski definition) is 6. The summed E-state index contributed by atoms with van der Waals surface area (Å²) in [5.41, 5.74) is 0.874. The summed E-state index contributed by atoms with van der Waals surface area (Å²) in [6, 6.07) is 0. The van der Waals surface area contributed by atoms with Crippen molar-refractivity contribution in [3.8, 4) is 0 Å². The van der Waals surface area contributed by atoms with Gasteiger partial charge in [0, 0.05) is 11.8 Å². The minimum absolute atomic E-state index is 0.0714. The number of hydrogen-bond donors (Lipinski definition) is 4. The lowest BCUT2D eigenvalue weighted by molar-refractivity contribution is -0.295. The quantitative estimate of drug-likeness (QED) is 0.351. The van der Waals surface area contributed by atoms with Gasteiger partial charge in [-0.05, 0) is 85.9 Å². The van der Waals surface area contributed by atoms with Gasteiger partial charge in [-0.1, -0.05) is 65.3 Å². The predicted molar refractivity (Wildman–Crippen MR) is 152 cm³/mol. The highest BCUT2D eigenvalue weighted by molar-refractivity contribution is 5.31. The molecule has 0 aromatic rings. The third-order valence-electron chi connectivity index (χ3n) is 12.4. The molecule has 1 aliphatic heterocycles. The highest BCUT2D eigenvalue weighted by Crippen LogP contribution is 2.67. The van der Waals surface area contributed by atoms with Crippen LogP contribution in [0, 0.1) is 46.3 Å². The van der Waals surface area contributed by atoms with Gasteiger partial charge in [0.1, 0.15) is 18.3 Å². The molecule has 5 rings (SSSR count). The minimum Gasteiger partial charge on any atom is -0.389 e. The van der Waals surface area contributed by atoms with Gasteiger partial charge >= 0.3 is 0 Å². The minimum atomic E-state index is -1.30. The van der Waals surface area contributed by atoms with Gasteiger partial charge < -0.3 is 29.9 Å². The summed E-state index contributed by atoms with van der Waals surface area (Å²) in [6.07, 6.45) is 10.1. The molecule has 6 heteroatoms. The van der Waals surface area contributed by atoms with E-state index in [4.69, 9.17) is 9.47 Å². The van der Waals surface area contributed by atoms with E-state index in [0.29, 0.717) is 53.8 Å². The molecule has 6 nitrogen and oxygen atoms in total. The highest BCUT2D eigenvalue weighted by Gasteiger charge is 2.62. The number of allylic oxidation sites excluding steroid dienone is 3. The number of aliphatic hydroxyl groups is 4. The summed E-state index contributed by atoms with van der Waals surface area (Å²) in [5.74, 6) is 3.56. The summed E-state index contributed by atoms with van der Waals surface area (Å²) < 4.78 is 11.6. The van der Waals surface area contributed by atoms with Crippen molar-refractivity contribution < 1.29 is 29.9 Å². The average molecular weight is 547 g/mol. The monoisotopic (exact) mass is 546 g/mol. The van der Waals surface area contributed by atoms with Crippen molar-refractivity contribution in [2.45, 2.75) is 129 Å². The molecule has 2 unspecified atom stereocenters. The van der Waals surface area contributed by atoms with Crippen LogP contribution in [0.2, 0.25) is 0 Å². The molecule has 0 bridgehead atoms. The van der Waals surface area contributed by atoms with Crippen LogP contribution in [0.25, 0.3) is 0 Å². The lowest BCUT2D eigenvalue weighted by Gasteiger charge is -2.61. The van der Waals surface area contributed by atoms with E-state index in [0.717, 1.165) is 19.3 Å². The first-order valence-corrected chi connectivity index (χ1v) is 15.7. The van der Waals surface area contributed by atoms with Crippen LogP contribution in [-0.2, 0) is 9.47 Å².